The largest absolute Gasteiger partial charge is 0.330 e. The summed E-state index contributed by atoms with van der Waals surface area (Å²) in [4.78, 5) is 5.27. The Labute approximate surface area is 113 Å². The Hall–Kier alpha value is -0.120. The highest BCUT2D eigenvalue weighted by Crippen LogP contribution is 2.36. The van der Waals surface area contributed by atoms with Gasteiger partial charge >= 0.3 is 0 Å². The van der Waals surface area contributed by atoms with E-state index in [0.29, 0.717) is 11.5 Å². The maximum atomic E-state index is 6.11. The molecule has 0 aromatic rings. The van der Waals surface area contributed by atoms with E-state index in [4.69, 9.17) is 5.73 Å². The highest BCUT2D eigenvalue weighted by atomic mass is 15.3. The van der Waals surface area contributed by atoms with Gasteiger partial charge in [0.2, 0.25) is 0 Å². The number of piperazine rings is 1. The molecule has 0 amide bonds. The molecule has 0 aromatic heterocycles. The minimum absolute atomic E-state index is 0.437. The molecule has 2 fully saturated rings. The van der Waals surface area contributed by atoms with Gasteiger partial charge in [0, 0.05) is 32.2 Å². The Morgan fingerprint density at radius 3 is 2.44 bits per heavy atom. The fraction of sp³-hybridized carbons (Fsp3) is 1.00. The monoisotopic (exact) mass is 253 g/mol. The molecule has 18 heavy (non-hydrogen) atoms. The smallest absolute Gasteiger partial charge is 0.0195 e. The van der Waals surface area contributed by atoms with E-state index >= 15 is 0 Å². The molecule has 0 aromatic carbocycles. The van der Waals surface area contributed by atoms with Crippen molar-refractivity contribution in [2.75, 3.05) is 39.3 Å². The van der Waals surface area contributed by atoms with Crippen molar-refractivity contribution in [3.8, 4) is 0 Å². The van der Waals surface area contributed by atoms with Crippen molar-refractivity contribution in [2.45, 2.75) is 52.0 Å². The standard InChI is InChI=1S/C15H31N3/c1-3-18-10-9-17(11-14(18)2)13-15(12-16)7-5-4-6-8-15/h14H,3-13,16H2,1-2H3. The van der Waals surface area contributed by atoms with Crippen LogP contribution in [0.5, 0.6) is 0 Å². The van der Waals surface area contributed by atoms with Crippen LogP contribution >= 0.6 is 0 Å². The molecule has 2 N–H and O–H groups in total. The van der Waals surface area contributed by atoms with Crippen LogP contribution in [0.2, 0.25) is 0 Å². The van der Waals surface area contributed by atoms with Crippen LogP contribution in [0.1, 0.15) is 46.0 Å². The van der Waals surface area contributed by atoms with E-state index in [1.165, 1.54) is 64.8 Å². The molecule has 1 atom stereocenters. The summed E-state index contributed by atoms with van der Waals surface area (Å²) in [6.45, 7) is 11.7. The predicted octanol–water partition coefficient (Wildman–Crippen LogP) is 1.92. The number of hydrogen-bond donors (Lipinski definition) is 1. The first kappa shape index (κ1) is 14.3. The molecule has 2 rings (SSSR count). The zero-order valence-electron chi connectivity index (χ0n) is 12.3. The minimum atomic E-state index is 0.437. The lowest BCUT2D eigenvalue weighted by Crippen LogP contribution is -2.55. The summed E-state index contributed by atoms with van der Waals surface area (Å²) in [5.41, 5.74) is 6.54. The van der Waals surface area contributed by atoms with Gasteiger partial charge in [0.05, 0.1) is 0 Å². The Balaban J connectivity index is 1.88. The highest BCUT2D eigenvalue weighted by molar-refractivity contribution is 4.89. The molecule has 106 valence electrons. The molecule has 2 aliphatic rings. The van der Waals surface area contributed by atoms with Gasteiger partial charge in [-0.15, -0.1) is 0 Å². The van der Waals surface area contributed by atoms with Crippen molar-refractivity contribution in [3.63, 3.8) is 0 Å². The average Bonchev–Trinajstić information content (AvgIpc) is 2.40. The molecule has 3 nitrogen and oxygen atoms in total. The fourth-order valence-electron chi connectivity index (χ4n) is 3.89. The number of hydrogen-bond acceptors (Lipinski definition) is 3. The van der Waals surface area contributed by atoms with Crippen LogP contribution in [0.15, 0.2) is 0 Å². The molecule has 3 heteroatoms. The minimum Gasteiger partial charge on any atom is -0.330 e. The van der Waals surface area contributed by atoms with E-state index in [-0.39, 0.29) is 0 Å². The summed E-state index contributed by atoms with van der Waals surface area (Å²) in [5.74, 6) is 0. The molecule has 1 saturated heterocycles. The van der Waals surface area contributed by atoms with Gasteiger partial charge in [-0.05, 0) is 38.3 Å². The highest BCUT2D eigenvalue weighted by Gasteiger charge is 2.34. The van der Waals surface area contributed by atoms with E-state index in [1.807, 2.05) is 0 Å². The van der Waals surface area contributed by atoms with Gasteiger partial charge in [0.25, 0.3) is 0 Å². The first-order valence-corrected chi connectivity index (χ1v) is 7.85. The molecule has 1 saturated carbocycles. The molecule has 0 spiro atoms. The second kappa shape index (κ2) is 6.36. The van der Waals surface area contributed by atoms with Gasteiger partial charge in [-0.2, -0.15) is 0 Å². The number of likely N-dealkylation sites (N-methyl/N-ethyl adjacent to an activating group) is 1. The lowest BCUT2D eigenvalue weighted by Gasteiger charge is -2.45. The third kappa shape index (κ3) is 3.25. The molecule has 1 aliphatic carbocycles. The van der Waals surface area contributed by atoms with Gasteiger partial charge in [0.1, 0.15) is 0 Å². The molecular formula is C15H31N3. The van der Waals surface area contributed by atoms with Crippen LogP contribution in [0.25, 0.3) is 0 Å². The number of nitrogens with two attached hydrogens (primary N) is 1. The van der Waals surface area contributed by atoms with Gasteiger partial charge in [-0.25, -0.2) is 0 Å². The van der Waals surface area contributed by atoms with Gasteiger partial charge in [0.15, 0.2) is 0 Å². The zero-order valence-corrected chi connectivity index (χ0v) is 12.3. The summed E-state index contributed by atoms with van der Waals surface area (Å²) < 4.78 is 0. The van der Waals surface area contributed by atoms with Crippen molar-refractivity contribution >= 4 is 0 Å². The summed E-state index contributed by atoms with van der Waals surface area (Å²) in [5, 5.41) is 0. The molecule has 1 heterocycles. The van der Waals surface area contributed by atoms with E-state index < -0.39 is 0 Å². The van der Waals surface area contributed by atoms with Gasteiger partial charge in [-0.1, -0.05) is 26.2 Å². The molecule has 1 unspecified atom stereocenters. The van der Waals surface area contributed by atoms with E-state index in [2.05, 4.69) is 23.6 Å². The quantitative estimate of drug-likeness (QED) is 0.831. The first-order valence-electron chi connectivity index (χ1n) is 7.85. The topological polar surface area (TPSA) is 32.5 Å². The lowest BCUT2D eigenvalue weighted by atomic mass is 9.73. The zero-order chi connectivity index (χ0) is 13.0. The van der Waals surface area contributed by atoms with Crippen LogP contribution in [0, 0.1) is 5.41 Å². The third-order valence-corrected chi connectivity index (χ3v) is 5.16. The first-order chi connectivity index (χ1) is 8.69. The molecular weight excluding hydrogens is 222 g/mol. The fourth-order valence-corrected chi connectivity index (χ4v) is 3.89. The number of nitrogens with zero attached hydrogens (tertiary/aromatic N) is 2. The Kier molecular flexibility index (Phi) is 5.05. The second-order valence-electron chi connectivity index (χ2n) is 6.48. The van der Waals surface area contributed by atoms with Gasteiger partial charge in [-0.3, -0.25) is 9.80 Å². The van der Waals surface area contributed by atoms with Crippen molar-refractivity contribution in [2.24, 2.45) is 11.1 Å². The Morgan fingerprint density at radius 1 is 1.17 bits per heavy atom. The van der Waals surface area contributed by atoms with Crippen molar-refractivity contribution in [1.29, 1.82) is 0 Å². The lowest BCUT2D eigenvalue weighted by molar-refractivity contribution is 0.0419. The number of rotatable bonds is 4. The van der Waals surface area contributed by atoms with E-state index in [9.17, 15) is 0 Å². The average molecular weight is 253 g/mol. The van der Waals surface area contributed by atoms with Crippen LogP contribution in [-0.4, -0.2) is 55.1 Å². The maximum Gasteiger partial charge on any atom is 0.0195 e. The Morgan fingerprint density at radius 2 is 1.89 bits per heavy atom. The normalized spacial score (nSPS) is 30.5. The van der Waals surface area contributed by atoms with Crippen molar-refractivity contribution in [3.05, 3.63) is 0 Å². The van der Waals surface area contributed by atoms with Crippen LogP contribution < -0.4 is 5.73 Å². The summed E-state index contributed by atoms with van der Waals surface area (Å²) >= 11 is 0. The predicted molar refractivity (Wildman–Crippen MR) is 77.7 cm³/mol. The molecule has 0 bridgehead atoms. The Bertz CT molecular complexity index is 248. The van der Waals surface area contributed by atoms with Gasteiger partial charge < -0.3 is 5.73 Å². The summed E-state index contributed by atoms with van der Waals surface area (Å²) in [6.07, 6.45) is 6.91. The maximum absolute atomic E-state index is 6.11. The van der Waals surface area contributed by atoms with Crippen molar-refractivity contribution in [1.82, 2.24) is 9.80 Å². The summed E-state index contributed by atoms with van der Waals surface area (Å²) in [6, 6.07) is 0.710. The second-order valence-corrected chi connectivity index (χ2v) is 6.48. The molecule has 1 aliphatic heterocycles. The SMILES string of the molecule is CCN1CCN(CC2(CN)CCCCC2)CC1C. The summed E-state index contributed by atoms with van der Waals surface area (Å²) in [7, 11) is 0. The van der Waals surface area contributed by atoms with Crippen LogP contribution in [-0.2, 0) is 0 Å². The van der Waals surface area contributed by atoms with Crippen molar-refractivity contribution < 1.29 is 0 Å². The third-order valence-electron chi connectivity index (χ3n) is 5.16. The van der Waals surface area contributed by atoms with E-state index in [0.717, 1.165) is 6.54 Å². The van der Waals surface area contributed by atoms with Crippen LogP contribution in [0.4, 0.5) is 0 Å². The van der Waals surface area contributed by atoms with E-state index in [1.54, 1.807) is 0 Å². The molecule has 0 radical (unpaired) electrons. The van der Waals surface area contributed by atoms with Crippen LogP contribution in [0.3, 0.4) is 0 Å².